The van der Waals surface area contributed by atoms with Gasteiger partial charge in [0, 0.05) is 18.9 Å². The lowest BCUT2D eigenvalue weighted by molar-refractivity contribution is 0.132. The molecule has 70 valence electrons. The molecule has 0 amide bonds. The van der Waals surface area contributed by atoms with E-state index in [2.05, 4.69) is 4.98 Å². The van der Waals surface area contributed by atoms with Crippen LogP contribution < -0.4 is 5.73 Å². The first-order valence-corrected chi connectivity index (χ1v) is 4.06. The summed E-state index contributed by atoms with van der Waals surface area (Å²) in [5.41, 5.74) is 5.53. The molecule has 0 atom stereocenters. The average molecular weight is 180 g/mol. The Kier molecular flexibility index (Phi) is 3.79. The molecule has 0 saturated carbocycles. The second-order valence-electron chi connectivity index (χ2n) is 2.50. The van der Waals surface area contributed by atoms with Crippen molar-refractivity contribution in [3.63, 3.8) is 0 Å². The Balaban J connectivity index is 2.14. The molecule has 0 radical (unpaired) electrons. The van der Waals surface area contributed by atoms with Crippen LogP contribution in [0.5, 0.6) is 0 Å². The molecule has 2 N–H and O–H groups in total. The van der Waals surface area contributed by atoms with E-state index in [0.717, 1.165) is 0 Å². The van der Waals surface area contributed by atoms with Crippen LogP contribution in [0.25, 0.3) is 0 Å². The lowest BCUT2D eigenvalue weighted by Gasteiger charge is -2.04. The van der Waals surface area contributed by atoms with Crippen molar-refractivity contribution in [3.8, 4) is 6.07 Å². The van der Waals surface area contributed by atoms with Crippen LogP contribution in [0.1, 0.15) is 6.42 Å². The summed E-state index contributed by atoms with van der Waals surface area (Å²) in [5.74, 6) is 0.490. The summed E-state index contributed by atoms with van der Waals surface area (Å²) in [6.07, 6.45) is 3.87. The number of anilines is 1. The number of imidazole rings is 1. The first-order chi connectivity index (χ1) is 6.34. The van der Waals surface area contributed by atoms with E-state index in [9.17, 15) is 0 Å². The van der Waals surface area contributed by atoms with Gasteiger partial charge in [0.1, 0.15) is 0 Å². The number of nitrogens with zero attached hydrogens (tertiary/aromatic N) is 3. The van der Waals surface area contributed by atoms with Crippen molar-refractivity contribution >= 4 is 5.95 Å². The zero-order chi connectivity index (χ0) is 9.52. The second kappa shape index (κ2) is 5.17. The third-order valence-corrected chi connectivity index (χ3v) is 1.58. The van der Waals surface area contributed by atoms with Gasteiger partial charge in [0.15, 0.2) is 5.95 Å². The van der Waals surface area contributed by atoms with Crippen molar-refractivity contribution in [2.45, 2.75) is 13.0 Å². The molecule has 0 aliphatic carbocycles. The number of hydrogen-bond donors (Lipinski definition) is 1. The van der Waals surface area contributed by atoms with E-state index in [1.165, 1.54) is 0 Å². The number of aromatic nitrogens is 2. The van der Waals surface area contributed by atoms with Crippen molar-refractivity contribution in [2.24, 2.45) is 0 Å². The Morgan fingerprint density at radius 2 is 2.46 bits per heavy atom. The van der Waals surface area contributed by atoms with E-state index in [-0.39, 0.29) is 0 Å². The van der Waals surface area contributed by atoms with Gasteiger partial charge in [-0.3, -0.25) is 0 Å². The maximum Gasteiger partial charge on any atom is 0.200 e. The largest absolute Gasteiger partial charge is 0.379 e. The summed E-state index contributed by atoms with van der Waals surface area (Å²) in [6, 6.07) is 2.00. The van der Waals surface area contributed by atoms with E-state index in [1.807, 2.05) is 6.07 Å². The van der Waals surface area contributed by atoms with Gasteiger partial charge in [-0.1, -0.05) is 0 Å². The van der Waals surface area contributed by atoms with Crippen LogP contribution in [-0.4, -0.2) is 22.8 Å². The molecule has 5 heteroatoms. The number of hydrogen-bond acceptors (Lipinski definition) is 4. The monoisotopic (exact) mass is 180 g/mol. The van der Waals surface area contributed by atoms with Gasteiger partial charge in [-0.05, 0) is 0 Å². The molecule has 1 aromatic heterocycles. The van der Waals surface area contributed by atoms with E-state index in [1.54, 1.807) is 17.0 Å². The van der Waals surface area contributed by atoms with E-state index < -0.39 is 0 Å². The third kappa shape index (κ3) is 3.13. The molecular weight excluding hydrogens is 168 g/mol. The Morgan fingerprint density at radius 3 is 3.08 bits per heavy atom. The lowest BCUT2D eigenvalue weighted by Crippen LogP contribution is -2.08. The first-order valence-electron chi connectivity index (χ1n) is 4.06. The van der Waals surface area contributed by atoms with Gasteiger partial charge in [0.25, 0.3) is 0 Å². The summed E-state index contributed by atoms with van der Waals surface area (Å²) < 4.78 is 6.97. The zero-order valence-electron chi connectivity index (χ0n) is 7.31. The minimum Gasteiger partial charge on any atom is -0.379 e. The summed E-state index contributed by atoms with van der Waals surface area (Å²) >= 11 is 0. The van der Waals surface area contributed by atoms with Gasteiger partial charge in [-0.2, -0.15) is 5.26 Å². The summed E-state index contributed by atoms with van der Waals surface area (Å²) in [7, 11) is 0. The molecule has 0 spiro atoms. The van der Waals surface area contributed by atoms with Crippen LogP contribution in [0.4, 0.5) is 5.95 Å². The highest BCUT2D eigenvalue weighted by Gasteiger charge is 1.95. The summed E-state index contributed by atoms with van der Waals surface area (Å²) in [6.45, 7) is 1.71. The fourth-order valence-corrected chi connectivity index (χ4v) is 0.913. The molecule has 0 saturated heterocycles. The number of nitriles is 1. The van der Waals surface area contributed by atoms with Gasteiger partial charge in [0.05, 0.1) is 25.7 Å². The van der Waals surface area contributed by atoms with E-state index in [4.69, 9.17) is 15.7 Å². The molecule has 0 fully saturated rings. The normalized spacial score (nSPS) is 9.77. The molecule has 0 unspecified atom stereocenters. The maximum atomic E-state index is 8.23. The van der Waals surface area contributed by atoms with Gasteiger partial charge in [-0.25, -0.2) is 4.98 Å². The number of ether oxygens (including phenoxy) is 1. The van der Waals surface area contributed by atoms with Crippen LogP contribution in [0.3, 0.4) is 0 Å². The Labute approximate surface area is 76.7 Å². The van der Waals surface area contributed by atoms with Gasteiger partial charge in [0.2, 0.25) is 0 Å². The topological polar surface area (TPSA) is 76.9 Å². The Hall–Kier alpha value is -1.54. The fourth-order valence-electron chi connectivity index (χ4n) is 0.913. The molecule has 1 rings (SSSR count). The minimum atomic E-state index is 0.430. The van der Waals surface area contributed by atoms with E-state index in [0.29, 0.717) is 32.1 Å². The smallest absolute Gasteiger partial charge is 0.200 e. The fraction of sp³-hybridized carbons (Fsp3) is 0.500. The molecule has 13 heavy (non-hydrogen) atoms. The highest BCUT2D eigenvalue weighted by atomic mass is 16.5. The van der Waals surface area contributed by atoms with E-state index >= 15 is 0 Å². The van der Waals surface area contributed by atoms with Crippen LogP contribution in [0, 0.1) is 11.3 Å². The van der Waals surface area contributed by atoms with Crippen molar-refractivity contribution in [1.29, 1.82) is 5.26 Å². The molecule has 0 bridgehead atoms. The van der Waals surface area contributed by atoms with Crippen molar-refractivity contribution in [2.75, 3.05) is 18.9 Å². The molecular formula is C8H12N4O. The van der Waals surface area contributed by atoms with Gasteiger partial charge >= 0.3 is 0 Å². The molecule has 5 nitrogen and oxygen atoms in total. The summed E-state index contributed by atoms with van der Waals surface area (Å²) in [5, 5.41) is 8.23. The standard InChI is InChI=1S/C8H12N4O/c9-2-1-6-13-7-5-12-4-3-11-8(12)10/h3-4H,1,5-7H2,(H2,10,11). The van der Waals surface area contributed by atoms with Crippen molar-refractivity contribution < 1.29 is 4.74 Å². The molecule has 0 aromatic carbocycles. The highest BCUT2D eigenvalue weighted by molar-refractivity contribution is 5.16. The zero-order valence-corrected chi connectivity index (χ0v) is 7.31. The predicted molar refractivity (Wildman–Crippen MR) is 47.7 cm³/mol. The number of nitrogen functional groups attached to an aromatic ring is 1. The quantitative estimate of drug-likeness (QED) is 0.665. The van der Waals surface area contributed by atoms with Gasteiger partial charge in [-0.15, -0.1) is 0 Å². The van der Waals surface area contributed by atoms with Gasteiger partial charge < -0.3 is 15.0 Å². The van der Waals surface area contributed by atoms with Crippen LogP contribution >= 0.6 is 0 Å². The Bertz CT molecular complexity index is 289. The maximum absolute atomic E-state index is 8.23. The minimum absolute atomic E-state index is 0.430. The first kappa shape index (κ1) is 9.55. The average Bonchev–Trinajstić information content (AvgIpc) is 2.52. The highest BCUT2D eigenvalue weighted by Crippen LogP contribution is 1.97. The molecule has 0 aliphatic heterocycles. The van der Waals surface area contributed by atoms with Crippen LogP contribution in [0.2, 0.25) is 0 Å². The number of nitrogens with two attached hydrogens (primary N) is 1. The van der Waals surface area contributed by atoms with Crippen LogP contribution in [0.15, 0.2) is 12.4 Å². The summed E-state index contributed by atoms with van der Waals surface area (Å²) in [4.78, 5) is 3.86. The molecule has 0 aliphatic rings. The third-order valence-electron chi connectivity index (χ3n) is 1.58. The SMILES string of the molecule is N#CCCOCCn1ccnc1N. The molecule has 1 heterocycles. The Morgan fingerprint density at radius 1 is 1.62 bits per heavy atom. The van der Waals surface area contributed by atoms with Crippen molar-refractivity contribution in [3.05, 3.63) is 12.4 Å². The van der Waals surface area contributed by atoms with Crippen LogP contribution in [-0.2, 0) is 11.3 Å². The number of rotatable bonds is 5. The predicted octanol–water partition coefficient (Wildman–Crippen LogP) is 0.396. The van der Waals surface area contributed by atoms with Crippen molar-refractivity contribution in [1.82, 2.24) is 9.55 Å². The lowest BCUT2D eigenvalue weighted by atomic mass is 10.5. The second-order valence-corrected chi connectivity index (χ2v) is 2.50. The molecule has 1 aromatic rings.